The van der Waals surface area contributed by atoms with E-state index in [9.17, 15) is 4.79 Å². The fraction of sp³-hybridized carbons (Fsp3) is 0.333. The van der Waals surface area contributed by atoms with Gasteiger partial charge in [0.15, 0.2) is 0 Å². The third kappa shape index (κ3) is 3.28. The summed E-state index contributed by atoms with van der Waals surface area (Å²) in [6.45, 7) is 8.00. The largest absolute Gasteiger partial charge is 0.338 e. The molecule has 0 atom stereocenters. The first kappa shape index (κ1) is 14.8. The van der Waals surface area contributed by atoms with E-state index in [-0.39, 0.29) is 11.3 Å². The van der Waals surface area contributed by atoms with Crippen LogP contribution in [0.3, 0.4) is 0 Å². The van der Waals surface area contributed by atoms with E-state index in [0.717, 1.165) is 15.7 Å². The van der Waals surface area contributed by atoms with E-state index in [0.29, 0.717) is 11.4 Å². The van der Waals surface area contributed by atoms with Gasteiger partial charge in [0.05, 0.1) is 5.69 Å². The second-order valence-electron chi connectivity index (χ2n) is 5.74. The van der Waals surface area contributed by atoms with Gasteiger partial charge in [-0.1, -0.05) is 47.9 Å². The number of carbonyl (C=O) groups is 1. The van der Waals surface area contributed by atoms with Crippen LogP contribution in [-0.4, -0.2) is 11.1 Å². The molecule has 5 heteroatoms. The molecule has 1 heterocycles. The Morgan fingerprint density at radius 2 is 2.00 bits per heavy atom. The van der Waals surface area contributed by atoms with Gasteiger partial charge in [0.2, 0.25) is 5.88 Å². The molecule has 0 unspecified atom stereocenters. The normalized spacial score (nSPS) is 11.4. The Morgan fingerprint density at radius 1 is 1.30 bits per heavy atom. The van der Waals surface area contributed by atoms with Gasteiger partial charge in [-0.3, -0.25) is 10.1 Å². The number of rotatable bonds is 2. The summed E-state index contributed by atoms with van der Waals surface area (Å²) in [4.78, 5) is 12.2. The lowest BCUT2D eigenvalue weighted by Crippen LogP contribution is -2.13. The predicted octanol–water partition coefficient (Wildman–Crippen LogP) is 4.30. The van der Waals surface area contributed by atoms with E-state index in [1.165, 1.54) is 0 Å². The maximum Gasteiger partial charge on any atom is 0.258 e. The molecule has 1 amide bonds. The summed E-state index contributed by atoms with van der Waals surface area (Å²) in [5, 5.41) is 6.70. The molecule has 0 saturated carbocycles. The van der Waals surface area contributed by atoms with Crippen molar-refractivity contribution in [1.29, 1.82) is 0 Å². The minimum Gasteiger partial charge on any atom is -0.338 e. The van der Waals surface area contributed by atoms with Gasteiger partial charge in [0, 0.05) is 21.5 Å². The van der Waals surface area contributed by atoms with Gasteiger partial charge in [-0.15, -0.1) is 0 Å². The van der Waals surface area contributed by atoms with Crippen LogP contribution in [-0.2, 0) is 5.41 Å². The molecule has 1 N–H and O–H groups in total. The van der Waals surface area contributed by atoms with Crippen LogP contribution < -0.4 is 5.32 Å². The zero-order valence-electron chi connectivity index (χ0n) is 12.0. The Labute approximate surface area is 126 Å². The number of hydrogen-bond donors (Lipinski definition) is 1. The second kappa shape index (κ2) is 5.40. The van der Waals surface area contributed by atoms with Gasteiger partial charge in [0.25, 0.3) is 5.91 Å². The number of nitrogens with one attached hydrogen (secondary N) is 1. The molecule has 20 heavy (non-hydrogen) atoms. The Bertz CT molecular complexity index is 642. The highest BCUT2D eigenvalue weighted by Crippen LogP contribution is 2.24. The first-order chi connectivity index (χ1) is 9.27. The summed E-state index contributed by atoms with van der Waals surface area (Å²) in [7, 11) is 0. The van der Waals surface area contributed by atoms with E-state index >= 15 is 0 Å². The summed E-state index contributed by atoms with van der Waals surface area (Å²) in [6, 6.07) is 7.33. The number of hydrogen-bond acceptors (Lipinski definition) is 3. The molecule has 0 bridgehead atoms. The molecule has 0 aliphatic carbocycles. The SMILES string of the molecule is Cc1ccc(Br)cc1C(=O)Nc1cc(C(C)(C)C)no1. The minimum absolute atomic E-state index is 0.113. The van der Waals surface area contributed by atoms with Crippen molar-refractivity contribution < 1.29 is 9.32 Å². The average molecular weight is 337 g/mol. The maximum atomic E-state index is 12.2. The number of aryl methyl sites for hydroxylation is 1. The topological polar surface area (TPSA) is 55.1 Å². The van der Waals surface area contributed by atoms with Crippen LogP contribution in [0.1, 0.15) is 42.4 Å². The molecule has 0 spiro atoms. The third-order valence-corrected chi connectivity index (χ3v) is 3.45. The van der Waals surface area contributed by atoms with E-state index in [4.69, 9.17) is 4.52 Å². The summed E-state index contributed by atoms with van der Waals surface area (Å²) in [5.41, 5.74) is 2.20. The summed E-state index contributed by atoms with van der Waals surface area (Å²) >= 11 is 3.36. The zero-order chi connectivity index (χ0) is 14.9. The van der Waals surface area contributed by atoms with Crippen molar-refractivity contribution in [2.75, 3.05) is 5.32 Å². The molecule has 0 aliphatic heterocycles. The van der Waals surface area contributed by atoms with Gasteiger partial charge in [-0.05, 0) is 24.6 Å². The molecule has 0 fully saturated rings. The van der Waals surface area contributed by atoms with Crippen LogP contribution in [0, 0.1) is 6.92 Å². The lowest BCUT2D eigenvalue weighted by molar-refractivity contribution is 0.102. The highest BCUT2D eigenvalue weighted by molar-refractivity contribution is 9.10. The molecule has 0 radical (unpaired) electrons. The lowest BCUT2D eigenvalue weighted by atomic mass is 9.92. The molecule has 106 valence electrons. The highest BCUT2D eigenvalue weighted by atomic mass is 79.9. The van der Waals surface area contributed by atoms with Crippen LogP contribution in [0.25, 0.3) is 0 Å². The van der Waals surface area contributed by atoms with Crippen LogP contribution >= 0.6 is 15.9 Å². The van der Waals surface area contributed by atoms with Gasteiger partial charge in [-0.2, -0.15) is 0 Å². The van der Waals surface area contributed by atoms with Gasteiger partial charge in [-0.25, -0.2) is 0 Å². The molecule has 4 nitrogen and oxygen atoms in total. The van der Waals surface area contributed by atoms with Crippen molar-refractivity contribution in [2.24, 2.45) is 0 Å². The van der Waals surface area contributed by atoms with Crippen LogP contribution in [0.15, 0.2) is 33.3 Å². The van der Waals surface area contributed by atoms with Crippen molar-refractivity contribution in [3.05, 3.63) is 45.6 Å². The Kier molecular flexibility index (Phi) is 3.99. The Morgan fingerprint density at radius 3 is 2.60 bits per heavy atom. The third-order valence-electron chi connectivity index (χ3n) is 2.96. The lowest BCUT2D eigenvalue weighted by Gasteiger charge is -2.12. The fourth-order valence-electron chi connectivity index (χ4n) is 1.71. The number of aromatic nitrogens is 1. The van der Waals surface area contributed by atoms with Gasteiger partial charge in [0.1, 0.15) is 0 Å². The summed E-state index contributed by atoms with van der Waals surface area (Å²) < 4.78 is 6.02. The quantitative estimate of drug-likeness (QED) is 0.889. The number of amides is 1. The zero-order valence-corrected chi connectivity index (χ0v) is 13.5. The number of anilines is 1. The molecular weight excluding hydrogens is 320 g/mol. The summed E-state index contributed by atoms with van der Waals surface area (Å²) in [5.74, 6) is 0.153. The first-order valence-corrected chi connectivity index (χ1v) is 7.11. The molecule has 1 aromatic carbocycles. The van der Waals surface area contributed by atoms with Crippen molar-refractivity contribution >= 4 is 27.7 Å². The smallest absolute Gasteiger partial charge is 0.258 e. The molecule has 0 aliphatic rings. The molecule has 0 saturated heterocycles. The highest BCUT2D eigenvalue weighted by Gasteiger charge is 2.20. The van der Waals surface area contributed by atoms with E-state index < -0.39 is 0 Å². The molecular formula is C15H17BrN2O2. The van der Waals surface area contributed by atoms with Gasteiger partial charge < -0.3 is 4.52 Å². The van der Waals surface area contributed by atoms with E-state index in [1.807, 2.05) is 39.8 Å². The summed E-state index contributed by atoms with van der Waals surface area (Å²) in [6.07, 6.45) is 0. The Hall–Kier alpha value is -1.62. The number of carbonyl (C=O) groups excluding carboxylic acids is 1. The van der Waals surface area contributed by atoms with Crippen LogP contribution in [0.4, 0.5) is 5.88 Å². The van der Waals surface area contributed by atoms with Crippen molar-refractivity contribution in [3.63, 3.8) is 0 Å². The van der Waals surface area contributed by atoms with Gasteiger partial charge >= 0.3 is 0 Å². The number of nitrogens with zero attached hydrogens (tertiary/aromatic N) is 1. The van der Waals surface area contributed by atoms with Crippen LogP contribution in [0.2, 0.25) is 0 Å². The predicted molar refractivity (Wildman–Crippen MR) is 82.0 cm³/mol. The van der Waals surface area contributed by atoms with Crippen molar-refractivity contribution in [1.82, 2.24) is 5.16 Å². The van der Waals surface area contributed by atoms with Crippen molar-refractivity contribution in [2.45, 2.75) is 33.1 Å². The number of benzene rings is 1. The monoisotopic (exact) mass is 336 g/mol. The Balaban J connectivity index is 2.20. The number of halogens is 1. The van der Waals surface area contributed by atoms with E-state index in [1.54, 1.807) is 12.1 Å². The minimum atomic E-state index is -0.208. The molecule has 2 rings (SSSR count). The van der Waals surface area contributed by atoms with E-state index in [2.05, 4.69) is 26.4 Å². The van der Waals surface area contributed by atoms with Crippen LogP contribution in [0.5, 0.6) is 0 Å². The maximum absolute atomic E-state index is 12.2. The van der Waals surface area contributed by atoms with Crippen molar-refractivity contribution in [3.8, 4) is 0 Å². The fourth-order valence-corrected chi connectivity index (χ4v) is 2.07. The average Bonchev–Trinajstić information content (AvgIpc) is 2.80. The molecule has 2 aromatic rings. The molecule has 1 aromatic heterocycles. The standard InChI is InChI=1S/C15H17BrN2O2/c1-9-5-6-10(16)7-11(9)14(19)17-13-8-12(18-20-13)15(2,3)4/h5-8H,1-4H3,(H,17,19). The first-order valence-electron chi connectivity index (χ1n) is 6.32. The second-order valence-corrected chi connectivity index (χ2v) is 6.66.